The average Bonchev–Trinajstić information content (AvgIpc) is 2.92. The molecule has 0 saturated heterocycles. The van der Waals surface area contributed by atoms with Crippen LogP contribution in [0.2, 0.25) is 0 Å². The Morgan fingerprint density at radius 3 is 3.13 bits per heavy atom. The van der Waals surface area contributed by atoms with Gasteiger partial charge in [0.25, 0.3) is 0 Å². The van der Waals surface area contributed by atoms with E-state index in [9.17, 15) is 4.79 Å². The van der Waals surface area contributed by atoms with Gasteiger partial charge in [0.1, 0.15) is 12.2 Å². The molecule has 0 aromatic carbocycles. The van der Waals surface area contributed by atoms with Crippen LogP contribution in [-0.2, 0) is 17.2 Å². The fourth-order valence-corrected chi connectivity index (χ4v) is 1.53. The Labute approximate surface area is 92.8 Å². The molecule has 1 aliphatic carbocycles. The van der Waals surface area contributed by atoms with Crippen molar-refractivity contribution in [2.45, 2.75) is 37.7 Å². The number of amides is 1. The van der Waals surface area contributed by atoms with Crippen molar-refractivity contribution in [1.29, 1.82) is 0 Å². The number of nitrogens with one attached hydrogen (secondary N) is 1. The third kappa shape index (κ3) is 2.92. The molecule has 0 atom stereocenters. The van der Waals surface area contributed by atoms with Gasteiger partial charge >= 0.3 is 0 Å². The van der Waals surface area contributed by atoms with Gasteiger partial charge in [0.15, 0.2) is 0 Å². The van der Waals surface area contributed by atoms with Crippen molar-refractivity contribution < 1.29 is 4.79 Å². The highest BCUT2D eigenvalue weighted by atomic mass is 35.5. The lowest BCUT2D eigenvalue weighted by molar-refractivity contribution is -0.121. The van der Waals surface area contributed by atoms with Gasteiger partial charge in [-0.1, -0.05) is 0 Å². The monoisotopic (exact) mass is 228 g/mol. The molecule has 0 aliphatic heterocycles. The highest BCUT2D eigenvalue weighted by Crippen LogP contribution is 2.18. The molecule has 82 valence electrons. The van der Waals surface area contributed by atoms with E-state index < -0.39 is 0 Å². The van der Waals surface area contributed by atoms with Crippen molar-refractivity contribution in [3.63, 3.8) is 0 Å². The van der Waals surface area contributed by atoms with Gasteiger partial charge in [-0.15, -0.1) is 21.8 Å². The molecular formula is C9H13ClN4O. The Morgan fingerprint density at radius 1 is 1.67 bits per heavy atom. The predicted molar refractivity (Wildman–Crippen MR) is 55.4 cm³/mol. The zero-order valence-electron chi connectivity index (χ0n) is 8.32. The molecule has 2 rings (SSSR count). The first-order chi connectivity index (χ1) is 7.29. The van der Waals surface area contributed by atoms with Crippen LogP contribution in [0.4, 0.5) is 0 Å². The molecule has 5 nitrogen and oxygen atoms in total. The van der Waals surface area contributed by atoms with Crippen molar-refractivity contribution in [2.24, 2.45) is 0 Å². The average molecular weight is 229 g/mol. The summed E-state index contributed by atoms with van der Waals surface area (Å²) in [5, 5.41) is 10.5. The molecule has 1 aliphatic rings. The molecule has 1 aromatic heterocycles. The van der Waals surface area contributed by atoms with E-state index in [0.29, 0.717) is 30.7 Å². The van der Waals surface area contributed by atoms with Crippen molar-refractivity contribution >= 4 is 17.5 Å². The van der Waals surface area contributed by atoms with Crippen LogP contribution in [0, 0.1) is 0 Å². The number of nitrogens with zero attached hydrogens (tertiary/aromatic N) is 3. The number of alkyl halides is 1. The molecule has 0 bridgehead atoms. The Morgan fingerprint density at radius 2 is 2.47 bits per heavy atom. The van der Waals surface area contributed by atoms with Crippen LogP contribution in [0.25, 0.3) is 0 Å². The summed E-state index contributed by atoms with van der Waals surface area (Å²) in [5.74, 6) is 1.12. The van der Waals surface area contributed by atoms with Gasteiger partial charge in [-0.25, -0.2) is 0 Å². The van der Waals surface area contributed by atoms with E-state index in [1.807, 2.05) is 0 Å². The lowest BCUT2D eigenvalue weighted by Crippen LogP contribution is -2.26. The lowest BCUT2D eigenvalue weighted by Gasteiger charge is -2.05. The molecule has 1 aromatic rings. The second-order valence-corrected chi connectivity index (χ2v) is 3.93. The molecule has 0 unspecified atom stereocenters. The summed E-state index contributed by atoms with van der Waals surface area (Å²) in [7, 11) is 0. The van der Waals surface area contributed by atoms with E-state index in [-0.39, 0.29) is 5.91 Å². The maximum Gasteiger partial charge on any atom is 0.222 e. The van der Waals surface area contributed by atoms with Gasteiger partial charge in [0.2, 0.25) is 5.91 Å². The molecule has 1 amide bonds. The van der Waals surface area contributed by atoms with Crippen molar-refractivity contribution in [3.8, 4) is 0 Å². The number of hydrogen-bond acceptors (Lipinski definition) is 3. The second kappa shape index (κ2) is 4.61. The predicted octanol–water partition coefficient (Wildman–Crippen LogP) is 0.686. The largest absolute Gasteiger partial charge is 0.353 e. The van der Waals surface area contributed by atoms with Gasteiger partial charge in [-0.3, -0.25) is 4.79 Å². The molecule has 1 heterocycles. The van der Waals surface area contributed by atoms with Crippen LogP contribution >= 0.6 is 11.6 Å². The van der Waals surface area contributed by atoms with E-state index >= 15 is 0 Å². The first-order valence-corrected chi connectivity index (χ1v) is 5.55. The normalized spacial score (nSPS) is 15.3. The van der Waals surface area contributed by atoms with Crippen molar-refractivity contribution in [3.05, 3.63) is 12.2 Å². The van der Waals surface area contributed by atoms with E-state index in [2.05, 4.69) is 15.5 Å². The summed E-state index contributed by atoms with van der Waals surface area (Å²) in [6.07, 6.45) is 4.29. The number of halogens is 1. The Balaban J connectivity index is 1.78. The molecule has 0 radical (unpaired) electrons. The quantitative estimate of drug-likeness (QED) is 0.755. The van der Waals surface area contributed by atoms with Crippen LogP contribution < -0.4 is 5.32 Å². The maximum atomic E-state index is 11.4. The zero-order chi connectivity index (χ0) is 10.7. The lowest BCUT2D eigenvalue weighted by atomic mass is 10.4. The minimum atomic E-state index is 0.0896. The van der Waals surface area contributed by atoms with Gasteiger partial charge < -0.3 is 9.88 Å². The van der Waals surface area contributed by atoms with E-state index in [0.717, 1.165) is 12.8 Å². The standard InChI is InChI=1S/C9H13ClN4O/c10-5-8-13-11-6-14(8)4-3-9(15)12-7-1-2-7/h6-7H,1-5H2,(H,12,15). The topological polar surface area (TPSA) is 59.8 Å². The Bertz CT molecular complexity index is 348. The second-order valence-electron chi connectivity index (χ2n) is 3.67. The SMILES string of the molecule is O=C(CCn1cnnc1CCl)NC1CC1. The molecule has 6 heteroatoms. The first-order valence-electron chi connectivity index (χ1n) is 5.01. The van der Waals surface area contributed by atoms with E-state index in [1.165, 1.54) is 0 Å². The maximum absolute atomic E-state index is 11.4. The number of carbonyl (C=O) groups is 1. The number of aromatic nitrogens is 3. The highest BCUT2D eigenvalue weighted by Gasteiger charge is 2.22. The summed E-state index contributed by atoms with van der Waals surface area (Å²) in [4.78, 5) is 11.4. The van der Waals surface area contributed by atoms with Crippen molar-refractivity contribution in [1.82, 2.24) is 20.1 Å². The van der Waals surface area contributed by atoms with Crippen LogP contribution in [0.15, 0.2) is 6.33 Å². The van der Waals surface area contributed by atoms with Crippen molar-refractivity contribution in [2.75, 3.05) is 0 Å². The van der Waals surface area contributed by atoms with Gasteiger partial charge in [-0.05, 0) is 12.8 Å². The number of hydrogen-bond donors (Lipinski definition) is 1. The molecule has 1 saturated carbocycles. The highest BCUT2D eigenvalue weighted by molar-refractivity contribution is 6.16. The molecule has 1 fully saturated rings. The van der Waals surface area contributed by atoms with Crippen LogP contribution in [0.3, 0.4) is 0 Å². The Kier molecular flexibility index (Phi) is 3.20. The van der Waals surface area contributed by atoms with Gasteiger partial charge in [0, 0.05) is 19.0 Å². The molecule has 1 N–H and O–H groups in total. The summed E-state index contributed by atoms with van der Waals surface area (Å²) < 4.78 is 1.81. The summed E-state index contributed by atoms with van der Waals surface area (Å²) in [5.41, 5.74) is 0. The van der Waals surface area contributed by atoms with Gasteiger partial charge in [0.05, 0.1) is 5.88 Å². The number of carbonyl (C=O) groups excluding carboxylic acids is 1. The van der Waals surface area contributed by atoms with Gasteiger partial charge in [-0.2, -0.15) is 0 Å². The summed E-state index contributed by atoms with van der Waals surface area (Å²) in [6, 6.07) is 0.422. The summed E-state index contributed by atoms with van der Waals surface area (Å²) in [6.45, 7) is 0.591. The summed E-state index contributed by atoms with van der Waals surface area (Å²) >= 11 is 5.66. The van der Waals surface area contributed by atoms with E-state index in [4.69, 9.17) is 11.6 Å². The minimum Gasteiger partial charge on any atom is -0.353 e. The number of aryl methyl sites for hydroxylation is 1. The van der Waals surface area contributed by atoms with Crippen LogP contribution in [0.5, 0.6) is 0 Å². The van der Waals surface area contributed by atoms with E-state index in [1.54, 1.807) is 10.9 Å². The molecular weight excluding hydrogens is 216 g/mol. The fraction of sp³-hybridized carbons (Fsp3) is 0.667. The first kappa shape index (κ1) is 10.4. The van der Waals surface area contributed by atoms with Crippen LogP contribution in [0.1, 0.15) is 25.1 Å². The molecule has 15 heavy (non-hydrogen) atoms. The third-order valence-corrected chi connectivity index (χ3v) is 2.58. The Hall–Kier alpha value is -1.10. The fourth-order valence-electron chi connectivity index (χ4n) is 1.32. The smallest absolute Gasteiger partial charge is 0.222 e. The number of rotatable bonds is 5. The minimum absolute atomic E-state index is 0.0896. The third-order valence-electron chi connectivity index (χ3n) is 2.34. The zero-order valence-corrected chi connectivity index (χ0v) is 9.07. The molecule has 0 spiro atoms. The van der Waals surface area contributed by atoms with Crippen LogP contribution in [-0.4, -0.2) is 26.7 Å².